The predicted octanol–water partition coefficient (Wildman–Crippen LogP) is 8.70. The molecule has 0 radical (unpaired) electrons. The van der Waals surface area contributed by atoms with Gasteiger partial charge in [-0.1, -0.05) is 113 Å². The van der Waals surface area contributed by atoms with E-state index >= 15 is 0 Å². The molecule has 0 aliphatic rings. The molecule has 2 atom stereocenters. The van der Waals surface area contributed by atoms with Crippen LogP contribution in [0.5, 0.6) is 0 Å². The third-order valence-electron chi connectivity index (χ3n) is 4.78. The van der Waals surface area contributed by atoms with Crippen molar-refractivity contribution < 1.29 is 0 Å². The van der Waals surface area contributed by atoms with Gasteiger partial charge in [-0.05, 0) is 44.8 Å². The monoisotopic (exact) mass is 374 g/mol. The molecule has 0 amide bonds. The first-order chi connectivity index (χ1) is 10.3. The molecular formula is C22H48P2. The Morgan fingerprint density at radius 3 is 1.08 bits per heavy atom. The Kier molecular flexibility index (Phi) is 8.55. The molecular weight excluding hydrogens is 326 g/mol. The third-order valence-corrected chi connectivity index (χ3v) is 13.0. The van der Waals surface area contributed by atoms with Crippen LogP contribution in [0.1, 0.15) is 110 Å². The maximum absolute atomic E-state index is 2.56. The molecule has 0 saturated carbocycles. The second-order valence-electron chi connectivity index (χ2n) is 11.6. The van der Waals surface area contributed by atoms with Crippen LogP contribution in [-0.2, 0) is 0 Å². The molecule has 0 aromatic carbocycles. The zero-order valence-electron chi connectivity index (χ0n) is 19.5. The normalized spacial score (nSPS) is 17.5. The van der Waals surface area contributed by atoms with E-state index in [0.29, 0.717) is 20.6 Å². The van der Waals surface area contributed by atoms with Gasteiger partial charge in [0.15, 0.2) is 0 Å². The van der Waals surface area contributed by atoms with E-state index in [0.717, 1.165) is 11.3 Å². The predicted molar refractivity (Wildman–Crippen MR) is 121 cm³/mol. The van der Waals surface area contributed by atoms with Crippen molar-refractivity contribution in [3.8, 4) is 0 Å². The maximum atomic E-state index is 2.56. The van der Waals surface area contributed by atoms with Crippen molar-refractivity contribution in [2.75, 3.05) is 0 Å². The minimum atomic E-state index is -0.0283. The van der Waals surface area contributed by atoms with Gasteiger partial charge < -0.3 is 0 Å². The van der Waals surface area contributed by atoms with Gasteiger partial charge in [-0.2, -0.15) is 0 Å². The number of hydrogen-bond donors (Lipinski definition) is 0. The molecule has 0 saturated heterocycles. The highest BCUT2D eigenvalue weighted by Gasteiger charge is 2.43. The highest BCUT2D eigenvalue weighted by Crippen LogP contribution is 2.68. The summed E-state index contributed by atoms with van der Waals surface area (Å²) in [6, 6.07) is 0. The Morgan fingerprint density at radius 1 is 0.583 bits per heavy atom. The summed E-state index contributed by atoms with van der Waals surface area (Å²) in [6.07, 6.45) is 2.75. The van der Waals surface area contributed by atoms with E-state index < -0.39 is 0 Å². The van der Waals surface area contributed by atoms with E-state index in [4.69, 9.17) is 0 Å². The van der Waals surface area contributed by atoms with Crippen LogP contribution in [0.2, 0.25) is 0 Å². The van der Waals surface area contributed by atoms with Gasteiger partial charge in [-0.15, -0.1) is 0 Å². The van der Waals surface area contributed by atoms with Gasteiger partial charge in [0.2, 0.25) is 0 Å². The van der Waals surface area contributed by atoms with Crippen LogP contribution >= 0.6 is 15.8 Å². The van der Waals surface area contributed by atoms with Crippen molar-refractivity contribution in [3.05, 3.63) is 0 Å². The number of hydrogen-bond acceptors (Lipinski definition) is 0. The van der Waals surface area contributed by atoms with Crippen LogP contribution < -0.4 is 0 Å². The lowest BCUT2D eigenvalue weighted by molar-refractivity contribution is 0.620. The van der Waals surface area contributed by atoms with Crippen LogP contribution in [0.4, 0.5) is 0 Å². The van der Waals surface area contributed by atoms with E-state index in [1.165, 1.54) is 12.8 Å². The highest BCUT2D eigenvalue weighted by molar-refractivity contribution is 7.62. The summed E-state index contributed by atoms with van der Waals surface area (Å²) in [6.45, 7) is 34.7. The van der Waals surface area contributed by atoms with Crippen molar-refractivity contribution in [1.82, 2.24) is 0 Å². The fraction of sp³-hybridized carbons (Fsp3) is 1.00. The van der Waals surface area contributed by atoms with Crippen molar-refractivity contribution in [2.24, 2.45) is 0 Å². The first-order valence-electron chi connectivity index (χ1n) is 9.92. The summed E-state index contributed by atoms with van der Waals surface area (Å²) in [5.74, 6) is 0. The molecule has 0 aromatic rings. The zero-order valence-corrected chi connectivity index (χ0v) is 21.3. The maximum Gasteiger partial charge on any atom is -0.0172 e. The summed E-state index contributed by atoms with van der Waals surface area (Å²) in [5.41, 5.74) is 1.71. The molecule has 0 N–H and O–H groups in total. The van der Waals surface area contributed by atoms with E-state index in [9.17, 15) is 0 Å². The zero-order chi connectivity index (χ0) is 19.7. The summed E-state index contributed by atoms with van der Waals surface area (Å²) in [5, 5.41) is 1.72. The molecule has 2 unspecified atom stereocenters. The molecule has 0 aliphatic heterocycles. The fourth-order valence-corrected chi connectivity index (χ4v) is 15.8. The molecule has 0 fully saturated rings. The molecule has 0 aromatic heterocycles. The summed E-state index contributed by atoms with van der Waals surface area (Å²) in [7, 11) is -0.0532. The second kappa shape index (κ2) is 8.26. The summed E-state index contributed by atoms with van der Waals surface area (Å²) >= 11 is 0. The van der Waals surface area contributed by atoms with Crippen molar-refractivity contribution in [3.63, 3.8) is 0 Å². The Labute approximate surface area is 157 Å². The van der Waals surface area contributed by atoms with E-state index in [1.54, 1.807) is 0 Å². The molecule has 2 heteroatoms. The Balaban J connectivity index is 5.64. The SMILES string of the molecule is CCC(CC(C)P(C(C)(C)C)C(C)(C)C)P(C(C)(C)C)C(C)(C)C. The first-order valence-corrected chi connectivity index (χ1v) is 12.7. The highest BCUT2D eigenvalue weighted by atomic mass is 31.1. The van der Waals surface area contributed by atoms with Crippen LogP contribution in [0, 0.1) is 0 Å². The van der Waals surface area contributed by atoms with E-state index in [-0.39, 0.29) is 15.8 Å². The quantitative estimate of drug-likeness (QED) is 0.422. The lowest BCUT2D eigenvalue weighted by atomic mass is 10.2. The van der Waals surface area contributed by atoms with Crippen molar-refractivity contribution >= 4 is 15.8 Å². The minimum Gasteiger partial charge on any atom is -0.0927 e. The molecule has 0 rings (SSSR count). The van der Waals surface area contributed by atoms with Crippen LogP contribution in [0.25, 0.3) is 0 Å². The fourth-order valence-electron chi connectivity index (χ4n) is 5.38. The Bertz CT molecular complexity index is 343. The minimum absolute atomic E-state index is 0.0249. The van der Waals surface area contributed by atoms with Gasteiger partial charge in [0.25, 0.3) is 0 Å². The molecule has 0 nitrogen and oxygen atoms in total. The van der Waals surface area contributed by atoms with Crippen LogP contribution in [0.15, 0.2) is 0 Å². The molecule has 0 aliphatic carbocycles. The standard InChI is InChI=1S/C22H48P2/c1-15-18(24(21(9,10)11)22(12,13)14)16-17(2)23(19(3,4)5)20(6,7)8/h17-18H,15-16H2,1-14H3. The molecule has 0 heterocycles. The lowest BCUT2D eigenvalue weighted by Gasteiger charge is -2.50. The van der Waals surface area contributed by atoms with Crippen molar-refractivity contribution in [2.45, 2.75) is 142 Å². The van der Waals surface area contributed by atoms with Crippen LogP contribution in [-0.4, -0.2) is 31.9 Å². The van der Waals surface area contributed by atoms with Gasteiger partial charge in [0, 0.05) is 0 Å². The second-order valence-corrected chi connectivity index (χ2v) is 20.0. The van der Waals surface area contributed by atoms with Gasteiger partial charge in [-0.25, -0.2) is 0 Å². The largest absolute Gasteiger partial charge is 0.0927 e. The van der Waals surface area contributed by atoms with Gasteiger partial charge in [0.1, 0.15) is 0 Å². The van der Waals surface area contributed by atoms with Gasteiger partial charge in [-0.3, -0.25) is 0 Å². The molecule has 146 valence electrons. The van der Waals surface area contributed by atoms with Crippen molar-refractivity contribution in [1.29, 1.82) is 0 Å². The molecule has 0 spiro atoms. The third kappa shape index (κ3) is 7.23. The van der Waals surface area contributed by atoms with Gasteiger partial charge >= 0.3 is 0 Å². The smallest absolute Gasteiger partial charge is 0.0172 e. The summed E-state index contributed by atoms with van der Waals surface area (Å²) in [4.78, 5) is 0. The van der Waals surface area contributed by atoms with Gasteiger partial charge in [0.05, 0.1) is 0 Å². The lowest BCUT2D eigenvalue weighted by Crippen LogP contribution is -2.35. The topological polar surface area (TPSA) is 0 Å². The van der Waals surface area contributed by atoms with Crippen LogP contribution in [0.3, 0.4) is 0 Å². The Morgan fingerprint density at radius 2 is 0.875 bits per heavy atom. The average molecular weight is 375 g/mol. The Hall–Kier alpha value is 0.860. The van der Waals surface area contributed by atoms with E-state index in [2.05, 4.69) is 96.9 Å². The van der Waals surface area contributed by atoms with E-state index in [1.807, 2.05) is 0 Å². The number of rotatable bonds is 5. The average Bonchev–Trinajstić information content (AvgIpc) is 2.19. The molecule has 24 heavy (non-hydrogen) atoms. The summed E-state index contributed by atoms with van der Waals surface area (Å²) < 4.78 is 0. The molecule has 0 bridgehead atoms. The first kappa shape index (κ1) is 24.9.